The van der Waals surface area contributed by atoms with Crippen molar-refractivity contribution < 1.29 is 14.3 Å². The number of nitrogens with zero attached hydrogens (tertiary/aromatic N) is 3. The molecule has 0 aromatic heterocycles. The summed E-state index contributed by atoms with van der Waals surface area (Å²) in [4.78, 5) is 32.0. The quantitative estimate of drug-likeness (QED) is 0.679. The summed E-state index contributed by atoms with van der Waals surface area (Å²) in [5.74, 6) is 0.531. The molecule has 2 aromatic rings. The van der Waals surface area contributed by atoms with Crippen LogP contribution in [0.4, 0.5) is 5.69 Å². The number of amides is 2. The fraction of sp³-hybridized carbons (Fsp3) is 0.462. The topological polar surface area (TPSA) is 53.1 Å². The Morgan fingerprint density at radius 3 is 2.28 bits per heavy atom. The summed E-state index contributed by atoms with van der Waals surface area (Å²) in [6.07, 6.45) is 3.72. The van der Waals surface area contributed by atoms with Crippen molar-refractivity contribution in [3.8, 4) is 5.75 Å². The van der Waals surface area contributed by atoms with Gasteiger partial charge >= 0.3 is 0 Å². The number of fused-ring (bicyclic) bond motifs is 1. The van der Waals surface area contributed by atoms with E-state index in [0.717, 1.165) is 44.8 Å². The Morgan fingerprint density at radius 1 is 0.875 bits per heavy atom. The second-order valence-electron chi connectivity index (χ2n) is 8.95. The lowest BCUT2D eigenvalue weighted by Crippen LogP contribution is -2.55. The van der Waals surface area contributed by atoms with E-state index in [-0.39, 0.29) is 24.3 Å². The molecule has 0 bridgehead atoms. The Labute approximate surface area is 189 Å². The van der Waals surface area contributed by atoms with Gasteiger partial charge in [0.05, 0.1) is 24.8 Å². The fourth-order valence-electron chi connectivity index (χ4n) is 5.43. The van der Waals surface area contributed by atoms with E-state index in [1.807, 2.05) is 19.1 Å². The molecule has 0 unspecified atom stereocenters. The molecule has 2 aromatic carbocycles. The molecule has 2 aliphatic heterocycles. The summed E-state index contributed by atoms with van der Waals surface area (Å²) >= 11 is 0. The second-order valence-corrected chi connectivity index (χ2v) is 8.95. The molecule has 2 atom stereocenters. The van der Waals surface area contributed by atoms with Crippen LogP contribution in [0.3, 0.4) is 0 Å². The van der Waals surface area contributed by atoms with Crippen molar-refractivity contribution >= 4 is 17.5 Å². The molecule has 0 spiro atoms. The predicted molar refractivity (Wildman–Crippen MR) is 124 cm³/mol. The zero-order valence-electron chi connectivity index (χ0n) is 18.7. The van der Waals surface area contributed by atoms with Gasteiger partial charge in [-0.1, -0.05) is 24.3 Å². The van der Waals surface area contributed by atoms with Crippen LogP contribution in [0, 0.1) is 0 Å². The first kappa shape index (κ1) is 21.2. The Hall–Kier alpha value is -2.70. The molecule has 5 rings (SSSR count). The van der Waals surface area contributed by atoms with Crippen molar-refractivity contribution in [3.63, 3.8) is 0 Å². The maximum atomic E-state index is 13.2. The third-order valence-electron chi connectivity index (χ3n) is 7.16. The number of imide groups is 1. The van der Waals surface area contributed by atoms with E-state index in [0.29, 0.717) is 18.3 Å². The van der Waals surface area contributed by atoms with Gasteiger partial charge in [-0.05, 0) is 61.6 Å². The number of hydrogen-bond donors (Lipinski definition) is 0. The van der Waals surface area contributed by atoms with Crippen molar-refractivity contribution in [1.29, 1.82) is 0 Å². The summed E-state index contributed by atoms with van der Waals surface area (Å²) < 4.78 is 5.47. The number of hydrogen-bond acceptors (Lipinski definition) is 5. The molecule has 2 saturated heterocycles. The third kappa shape index (κ3) is 4.05. The van der Waals surface area contributed by atoms with Crippen molar-refractivity contribution in [1.82, 2.24) is 9.80 Å². The molecule has 1 aliphatic carbocycles. The largest absolute Gasteiger partial charge is 0.494 e. The van der Waals surface area contributed by atoms with Crippen molar-refractivity contribution in [2.75, 3.05) is 37.7 Å². The lowest BCUT2D eigenvalue weighted by Gasteiger charge is -2.42. The van der Waals surface area contributed by atoms with Gasteiger partial charge in [0.2, 0.25) is 5.91 Å². The Bertz CT molecular complexity index is 982. The fourth-order valence-corrected chi connectivity index (χ4v) is 5.43. The number of anilines is 1. The number of piperazine rings is 1. The Balaban J connectivity index is 1.20. The summed E-state index contributed by atoms with van der Waals surface area (Å²) in [7, 11) is 0. The number of aryl methyl sites for hydroxylation is 1. The summed E-state index contributed by atoms with van der Waals surface area (Å²) in [5, 5.41) is 0. The SMILES string of the molecule is CCOc1ccc(N2C(=O)C[C@H](N3CCN([C@H]4CCc5ccccc5C4)CC3)C2=O)cc1. The standard InChI is InChI=1S/C26H31N3O3/c1-2-32-23-11-9-21(10-12-23)29-25(30)18-24(26(29)31)28-15-13-27(14-16-28)22-8-7-19-5-3-4-6-20(19)17-22/h3-6,9-12,22,24H,2,7-8,13-18H2,1H3/t22-,24-/m0/s1. The number of benzene rings is 2. The first-order chi connectivity index (χ1) is 15.6. The molecular weight excluding hydrogens is 402 g/mol. The van der Waals surface area contributed by atoms with Gasteiger partial charge in [0, 0.05) is 32.2 Å². The number of carbonyl (C=O) groups is 2. The molecule has 6 nitrogen and oxygen atoms in total. The summed E-state index contributed by atoms with van der Waals surface area (Å²) in [5.41, 5.74) is 3.60. The van der Waals surface area contributed by atoms with Gasteiger partial charge < -0.3 is 4.74 Å². The zero-order valence-corrected chi connectivity index (χ0v) is 18.7. The molecule has 0 saturated carbocycles. The van der Waals surface area contributed by atoms with Crippen LogP contribution in [0.1, 0.15) is 30.9 Å². The van der Waals surface area contributed by atoms with Crippen molar-refractivity contribution in [2.45, 2.75) is 44.7 Å². The normalized spacial score (nSPS) is 24.6. The second kappa shape index (κ2) is 9.04. The van der Waals surface area contributed by atoms with E-state index in [4.69, 9.17) is 4.74 Å². The smallest absolute Gasteiger partial charge is 0.251 e. The highest BCUT2D eigenvalue weighted by Crippen LogP contribution is 2.29. The molecule has 0 radical (unpaired) electrons. The van der Waals surface area contributed by atoms with Crippen LogP contribution in [0.5, 0.6) is 5.75 Å². The summed E-state index contributed by atoms with van der Waals surface area (Å²) in [6.45, 7) is 6.08. The zero-order chi connectivity index (χ0) is 22.1. The van der Waals surface area contributed by atoms with Crippen molar-refractivity contribution in [3.05, 3.63) is 59.7 Å². The van der Waals surface area contributed by atoms with Crippen LogP contribution in [-0.4, -0.2) is 66.5 Å². The minimum Gasteiger partial charge on any atom is -0.494 e. The van der Waals surface area contributed by atoms with Crippen LogP contribution in [0.2, 0.25) is 0 Å². The highest BCUT2D eigenvalue weighted by Gasteiger charge is 2.43. The lowest BCUT2D eigenvalue weighted by atomic mass is 9.87. The van der Waals surface area contributed by atoms with E-state index in [1.165, 1.54) is 22.4 Å². The van der Waals surface area contributed by atoms with E-state index in [9.17, 15) is 9.59 Å². The van der Waals surface area contributed by atoms with Gasteiger partial charge in [-0.2, -0.15) is 0 Å². The van der Waals surface area contributed by atoms with Crippen molar-refractivity contribution in [2.24, 2.45) is 0 Å². The van der Waals surface area contributed by atoms with E-state index < -0.39 is 0 Å². The van der Waals surface area contributed by atoms with Gasteiger partial charge in [0.15, 0.2) is 0 Å². The van der Waals surface area contributed by atoms with Crippen LogP contribution in [0.15, 0.2) is 48.5 Å². The highest BCUT2D eigenvalue weighted by atomic mass is 16.5. The Kier molecular flexibility index (Phi) is 5.98. The van der Waals surface area contributed by atoms with Crippen LogP contribution < -0.4 is 9.64 Å². The number of carbonyl (C=O) groups excluding carboxylic acids is 2. The molecule has 2 amide bonds. The van der Waals surface area contributed by atoms with Gasteiger partial charge in [-0.25, -0.2) is 4.90 Å². The van der Waals surface area contributed by atoms with E-state index >= 15 is 0 Å². The number of ether oxygens (including phenoxy) is 1. The molecule has 0 N–H and O–H groups in total. The highest BCUT2D eigenvalue weighted by molar-refractivity contribution is 6.22. The molecule has 2 heterocycles. The van der Waals surface area contributed by atoms with Crippen LogP contribution >= 0.6 is 0 Å². The lowest BCUT2D eigenvalue weighted by molar-refractivity contribution is -0.123. The first-order valence-electron chi connectivity index (χ1n) is 11.8. The summed E-state index contributed by atoms with van der Waals surface area (Å²) in [6, 6.07) is 16.2. The average molecular weight is 434 g/mol. The van der Waals surface area contributed by atoms with Gasteiger partial charge in [-0.3, -0.25) is 19.4 Å². The van der Waals surface area contributed by atoms with Gasteiger partial charge in [0.25, 0.3) is 5.91 Å². The number of rotatable bonds is 5. The molecule has 32 heavy (non-hydrogen) atoms. The molecular formula is C26H31N3O3. The van der Waals surface area contributed by atoms with Crippen LogP contribution in [0.25, 0.3) is 0 Å². The minimum absolute atomic E-state index is 0.0980. The van der Waals surface area contributed by atoms with Gasteiger partial charge in [0.1, 0.15) is 5.75 Å². The maximum Gasteiger partial charge on any atom is 0.251 e. The molecule has 168 valence electrons. The van der Waals surface area contributed by atoms with E-state index in [1.54, 1.807) is 12.1 Å². The predicted octanol–water partition coefficient (Wildman–Crippen LogP) is 2.89. The molecule has 6 heteroatoms. The van der Waals surface area contributed by atoms with Gasteiger partial charge in [-0.15, -0.1) is 0 Å². The van der Waals surface area contributed by atoms with E-state index in [2.05, 4.69) is 34.1 Å². The Morgan fingerprint density at radius 2 is 1.56 bits per heavy atom. The average Bonchev–Trinajstić information content (AvgIpc) is 3.13. The maximum absolute atomic E-state index is 13.2. The first-order valence-corrected chi connectivity index (χ1v) is 11.8. The monoisotopic (exact) mass is 433 g/mol. The minimum atomic E-state index is -0.344. The van der Waals surface area contributed by atoms with Crippen LogP contribution in [-0.2, 0) is 22.4 Å². The molecule has 3 aliphatic rings. The third-order valence-corrected chi connectivity index (χ3v) is 7.16. The molecule has 2 fully saturated rings.